The number of nitrogens with zero attached hydrogens (tertiary/aromatic N) is 3. The Bertz CT molecular complexity index is 394. The highest BCUT2D eigenvalue weighted by Crippen LogP contribution is 2.22. The quantitative estimate of drug-likeness (QED) is 0.892. The van der Waals surface area contributed by atoms with Crippen LogP contribution >= 0.6 is 11.3 Å². The van der Waals surface area contributed by atoms with E-state index in [9.17, 15) is 4.79 Å². The van der Waals surface area contributed by atoms with Crippen molar-refractivity contribution in [3.63, 3.8) is 0 Å². The number of ether oxygens (including phenoxy) is 1. The molecule has 18 heavy (non-hydrogen) atoms. The number of anilines is 1. The van der Waals surface area contributed by atoms with Crippen LogP contribution in [0.4, 0.5) is 9.93 Å². The predicted molar refractivity (Wildman–Crippen MR) is 72.1 cm³/mol. The number of hydrogen-bond acceptors (Lipinski definition) is 5. The van der Waals surface area contributed by atoms with E-state index in [4.69, 9.17) is 4.74 Å². The van der Waals surface area contributed by atoms with Crippen LogP contribution < -0.4 is 5.32 Å². The Balaban J connectivity index is 2.58. The van der Waals surface area contributed by atoms with Crippen molar-refractivity contribution in [2.24, 2.45) is 0 Å². The lowest BCUT2D eigenvalue weighted by Crippen LogP contribution is -2.40. The zero-order valence-corrected chi connectivity index (χ0v) is 12.2. The normalized spacial score (nSPS) is 12.6. The van der Waals surface area contributed by atoms with E-state index in [-0.39, 0.29) is 12.1 Å². The van der Waals surface area contributed by atoms with Gasteiger partial charge in [0.05, 0.1) is 12.6 Å². The molecule has 6 nitrogen and oxygen atoms in total. The fourth-order valence-corrected chi connectivity index (χ4v) is 1.99. The summed E-state index contributed by atoms with van der Waals surface area (Å²) in [6.07, 6.45) is 0. The molecule has 1 rings (SSSR count). The molecule has 1 atom stereocenters. The summed E-state index contributed by atoms with van der Waals surface area (Å²) in [4.78, 5) is 13.5. The van der Waals surface area contributed by atoms with E-state index in [2.05, 4.69) is 15.5 Å². The first-order chi connectivity index (χ1) is 8.45. The fraction of sp³-hybridized carbons (Fsp3) is 0.727. The summed E-state index contributed by atoms with van der Waals surface area (Å²) in [6, 6.07) is -0.196. The monoisotopic (exact) mass is 272 g/mol. The first-order valence-electron chi connectivity index (χ1n) is 5.81. The lowest BCUT2D eigenvalue weighted by molar-refractivity contribution is 0.128. The lowest BCUT2D eigenvalue weighted by Gasteiger charge is -2.23. The number of amides is 2. The van der Waals surface area contributed by atoms with Gasteiger partial charge in [-0.2, -0.15) is 0 Å². The van der Waals surface area contributed by atoms with Crippen molar-refractivity contribution in [2.45, 2.75) is 32.7 Å². The average Bonchev–Trinajstić information content (AvgIpc) is 2.77. The topological polar surface area (TPSA) is 67.3 Å². The molecule has 0 spiro atoms. The number of nitrogens with one attached hydrogen (secondary N) is 1. The van der Waals surface area contributed by atoms with Crippen LogP contribution in [0.15, 0.2) is 0 Å². The van der Waals surface area contributed by atoms with E-state index in [1.165, 1.54) is 11.3 Å². The first kappa shape index (κ1) is 14.8. The summed E-state index contributed by atoms with van der Waals surface area (Å²) in [5.41, 5.74) is 0. The number of carbonyl (C=O) groups excluding carboxylic acids is 1. The second-order valence-electron chi connectivity index (χ2n) is 4.45. The number of likely N-dealkylation sites (N-methyl/N-ethyl adjacent to an activating group) is 1. The molecular weight excluding hydrogens is 252 g/mol. The van der Waals surface area contributed by atoms with Gasteiger partial charge in [-0.1, -0.05) is 25.2 Å². The van der Waals surface area contributed by atoms with Gasteiger partial charge in [-0.05, 0) is 6.92 Å². The molecule has 1 aromatic heterocycles. The Morgan fingerprint density at radius 1 is 1.44 bits per heavy atom. The maximum absolute atomic E-state index is 11.9. The molecular formula is C11H20N4O2S. The van der Waals surface area contributed by atoms with Crippen molar-refractivity contribution >= 4 is 22.5 Å². The molecule has 0 bridgehead atoms. The van der Waals surface area contributed by atoms with Crippen LogP contribution in [-0.2, 0) is 4.74 Å². The van der Waals surface area contributed by atoms with Crippen molar-refractivity contribution in [1.29, 1.82) is 0 Å². The number of urea groups is 1. The summed E-state index contributed by atoms with van der Waals surface area (Å²) < 4.78 is 5.01. The summed E-state index contributed by atoms with van der Waals surface area (Å²) in [7, 11) is 3.34. The van der Waals surface area contributed by atoms with Gasteiger partial charge in [-0.3, -0.25) is 5.32 Å². The highest BCUT2D eigenvalue weighted by molar-refractivity contribution is 7.15. The van der Waals surface area contributed by atoms with Crippen molar-refractivity contribution in [3.8, 4) is 0 Å². The van der Waals surface area contributed by atoms with Crippen molar-refractivity contribution in [3.05, 3.63) is 5.01 Å². The fourth-order valence-electron chi connectivity index (χ4n) is 1.25. The Labute approximate surface area is 111 Å². The maximum atomic E-state index is 11.9. The van der Waals surface area contributed by atoms with Gasteiger partial charge in [-0.15, -0.1) is 10.2 Å². The van der Waals surface area contributed by atoms with E-state index < -0.39 is 0 Å². The predicted octanol–water partition coefficient (Wildman–Crippen LogP) is 2.16. The number of methoxy groups -OCH3 is 1. The zero-order chi connectivity index (χ0) is 13.7. The Kier molecular flexibility index (Phi) is 5.49. The van der Waals surface area contributed by atoms with Crippen molar-refractivity contribution in [2.75, 3.05) is 26.1 Å². The van der Waals surface area contributed by atoms with Gasteiger partial charge in [0.25, 0.3) is 0 Å². The third kappa shape index (κ3) is 3.92. The highest BCUT2D eigenvalue weighted by atomic mass is 32.1. The van der Waals surface area contributed by atoms with Crippen molar-refractivity contribution < 1.29 is 9.53 Å². The van der Waals surface area contributed by atoms with Gasteiger partial charge < -0.3 is 9.64 Å². The highest BCUT2D eigenvalue weighted by Gasteiger charge is 2.17. The Morgan fingerprint density at radius 3 is 2.61 bits per heavy atom. The summed E-state index contributed by atoms with van der Waals surface area (Å²) in [6.45, 7) is 6.50. The molecule has 1 aromatic rings. The third-order valence-electron chi connectivity index (χ3n) is 2.54. The number of aromatic nitrogens is 2. The smallest absolute Gasteiger partial charge is 0.323 e. The van der Waals surface area contributed by atoms with Crippen LogP contribution in [0.25, 0.3) is 0 Å². The Morgan fingerprint density at radius 2 is 2.11 bits per heavy atom. The van der Waals surface area contributed by atoms with E-state index in [0.717, 1.165) is 5.01 Å². The molecule has 7 heteroatoms. The largest absolute Gasteiger partial charge is 0.383 e. The third-order valence-corrected chi connectivity index (χ3v) is 3.68. The lowest BCUT2D eigenvalue weighted by atomic mass is 10.2. The molecule has 0 aromatic carbocycles. The van der Waals surface area contributed by atoms with Gasteiger partial charge in [-0.25, -0.2) is 4.79 Å². The number of hydrogen-bond donors (Lipinski definition) is 1. The van der Waals surface area contributed by atoms with Gasteiger partial charge in [0, 0.05) is 20.1 Å². The molecule has 0 saturated heterocycles. The SMILES string of the molecule is COCC(C)N(C)C(=O)Nc1nnc(C(C)C)s1. The second kappa shape index (κ2) is 6.65. The molecule has 0 aliphatic rings. The van der Waals surface area contributed by atoms with Crippen LogP contribution in [0, 0.1) is 0 Å². The molecule has 0 saturated carbocycles. The van der Waals surface area contributed by atoms with Gasteiger partial charge in [0.2, 0.25) is 5.13 Å². The summed E-state index contributed by atoms with van der Waals surface area (Å²) >= 11 is 1.40. The molecule has 102 valence electrons. The molecule has 0 aliphatic carbocycles. The van der Waals surface area contributed by atoms with E-state index in [1.54, 1.807) is 19.1 Å². The summed E-state index contributed by atoms with van der Waals surface area (Å²) in [5.74, 6) is 0.318. The zero-order valence-electron chi connectivity index (χ0n) is 11.4. The first-order valence-corrected chi connectivity index (χ1v) is 6.63. The van der Waals surface area contributed by atoms with Crippen molar-refractivity contribution in [1.82, 2.24) is 15.1 Å². The number of rotatable bonds is 5. The molecule has 2 amide bonds. The second-order valence-corrected chi connectivity index (χ2v) is 5.45. The van der Waals surface area contributed by atoms with Gasteiger partial charge in [0.1, 0.15) is 5.01 Å². The van der Waals surface area contributed by atoms with E-state index in [0.29, 0.717) is 17.7 Å². The molecule has 0 fully saturated rings. The minimum Gasteiger partial charge on any atom is -0.383 e. The van der Waals surface area contributed by atoms with E-state index >= 15 is 0 Å². The molecule has 1 heterocycles. The molecule has 1 N–H and O–H groups in total. The summed E-state index contributed by atoms with van der Waals surface area (Å²) in [5, 5.41) is 12.1. The molecule has 0 radical (unpaired) electrons. The Hall–Kier alpha value is -1.21. The van der Waals surface area contributed by atoms with Crippen LogP contribution in [0.5, 0.6) is 0 Å². The van der Waals surface area contributed by atoms with Crippen LogP contribution in [0.1, 0.15) is 31.7 Å². The van der Waals surface area contributed by atoms with Crippen LogP contribution in [0.3, 0.4) is 0 Å². The minimum absolute atomic E-state index is 0.00694. The standard InChI is InChI=1S/C11H20N4O2S/c1-7(2)9-13-14-10(18-9)12-11(16)15(4)8(3)6-17-5/h7-8H,6H2,1-5H3,(H,12,14,16). The van der Waals surface area contributed by atoms with Gasteiger partial charge >= 0.3 is 6.03 Å². The minimum atomic E-state index is -0.203. The average molecular weight is 272 g/mol. The molecule has 0 aliphatic heterocycles. The van der Waals surface area contributed by atoms with Crippen LogP contribution in [-0.4, -0.2) is 47.9 Å². The van der Waals surface area contributed by atoms with Gasteiger partial charge in [0.15, 0.2) is 0 Å². The maximum Gasteiger partial charge on any atom is 0.323 e. The van der Waals surface area contributed by atoms with E-state index in [1.807, 2.05) is 20.8 Å². The molecule has 1 unspecified atom stereocenters. The number of carbonyl (C=O) groups is 1. The van der Waals surface area contributed by atoms with Crippen LogP contribution in [0.2, 0.25) is 0 Å².